The summed E-state index contributed by atoms with van der Waals surface area (Å²) >= 11 is 0. The van der Waals surface area contributed by atoms with Crippen molar-refractivity contribution in [2.45, 2.75) is 38.9 Å². The van der Waals surface area contributed by atoms with Gasteiger partial charge in [-0.15, -0.1) is 0 Å². The number of likely N-dealkylation sites (N-methyl/N-ethyl adjacent to an activating group) is 1. The van der Waals surface area contributed by atoms with Crippen LogP contribution in [0.3, 0.4) is 0 Å². The van der Waals surface area contributed by atoms with Crippen molar-refractivity contribution in [3.8, 4) is 0 Å². The van der Waals surface area contributed by atoms with Crippen molar-refractivity contribution in [1.29, 1.82) is 0 Å². The second kappa shape index (κ2) is 6.21. The van der Waals surface area contributed by atoms with Crippen LogP contribution in [-0.4, -0.2) is 31.8 Å². The Morgan fingerprint density at radius 3 is 2.44 bits per heavy atom. The molecule has 0 radical (unpaired) electrons. The molecule has 2 unspecified atom stereocenters. The highest BCUT2D eigenvalue weighted by atomic mass is 16.5. The van der Waals surface area contributed by atoms with Crippen LogP contribution in [-0.2, 0) is 4.74 Å². The van der Waals surface area contributed by atoms with Gasteiger partial charge in [0.15, 0.2) is 0 Å². The molecule has 1 aromatic rings. The van der Waals surface area contributed by atoms with Gasteiger partial charge in [0.25, 0.3) is 0 Å². The van der Waals surface area contributed by atoms with Gasteiger partial charge in [0.1, 0.15) is 0 Å². The molecule has 0 amide bonds. The lowest BCUT2D eigenvalue weighted by molar-refractivity contribution is 0.0544. The monoisotopic (exact) mass is 248 g/mol. The second-order valence-electron chi connectivity index (χ2n) is 5.07. The first-order chi connectivity index (χ1) is 8.72. The van der Waals surface area contributed by atoms with Crippen molar-refractivity contribution in [2.75, 3.05) is 24.5 Å². The minimum Gasteiger partial charge on any atom is -0.372 e. The predicted octanol–water partition coefficient (Wildman–Crippen LogP) is 2.33. The van der Waals surface area contributed by atoms with Crippen LogP contribution >= 0.6 is 0 Å². The Kier molecular flexibility index (Phi) is 4.61. The Bertz CT molecular complexity index is 363. The lowest BCUT2D eigenvalue weighted by atomic mass is 10.1. The second-order valence-corrected chi connectivity index (χ2v) is 5.07. The van der Waals surface area contributed by atoms with Gasteiger partial charge in [-0.3, -0.25) is 0 Å². The van der Waals surface area contributed by atoms with Crippen molar-refractivity contribution in [3.05, 3.63) is 29.8 Å². The number of benzene rings is 1. The summed E-state index contributed by atoms with van der Waals surface area (Å²) in [6.07, 6.45) is 2.84. The zero-order chi connectivity index (χ0) is 13.0. The predicted molar refractivity (Wildman–Crippen MR) is 76.0 cm³/mol. The highest BCUT2D eigenvalue weighted by molar-refractivity contribution is 5.47. The molecule has 1 aromatic carbocycles. The standard InChI is InChI=1S/C15H24N2O/c1-3-17(13-6-4-12(2)5-7-13)11-15-9-8-14(10-16)18-15/h4-7,14-15H,3,8-11,16H2,1-2H3. The molecule has 1 saturated heterocycles. The summed E-state index contributed by atoms with van der Waals surface area (Å²) in [4.78, 5) is 2.38. The zero-order valence-corrected chi connectivity index (χ0v) is 11.4. The summed E-state index contributed by atoms with van der Waals surface area (Å²) in [6, 6.07) is 8.70. The highest BCUT2D eigenvalue weighted by Crippen LogP contribution is 2.22. The van der Waals surface area contributed by atoms with E-state index < -0.39 is 0 Å². The summed E-state index contributed by atoms with van der Waals surface area (Å²) in [5.41, 5.74) is 8.23. The molecule has 2 N–H and O–H groups in total. The first-order valence-corrected chi connectivity index (χ1v) is 6.90. The van der Waals surface area contributed by atoms with Crippen LogP contribution in [0.2, 0.25) is 0 Å². The largest absolute Gasteiger partial charge is 0.372 e. The molecule has 2 atom stereocenters. The number of hydrogen-bond donors (Lipinski definition) is 1. The maximum Gasteiger partial charge on any atom is 0.0755 e. The summed E-state index contributed by atoms with van der Waals surface area (Å²) in [5, 5.41) is 0. The molecule has 0 saturated carbocycles. The number of rotatable bonds is 5. The van der Waals surface area contributed by atoms with Crippen LogP contribution in [0.1, 0.15) is 25.3 Å². The van der Waals surface area contributed by atoms with E-state index in [0.717, 1.165) is 25.9 Å². The van der Waals surface area contributed by atoms with Gasteiger partial charge >= 0.3 is 0 Å². The van der Waals surface area contributed by atoms with E-state index >= 15 is 0 Å². The van der Waals surface area contributed by atoms with Crippen molar-refractivity contribution in [3.63, 3.8) is 0 Å². The number of aryl methyl sites for hydroxylation is 1. The Morgan fingerprint density at radius 1 is 1.22 bits per heavy atom. The average molecular weight is 248 g/mol. The quantitative estimate of drug-likeness (QED) is 0.869. The number of anilines is 1. The lowest BCUT2D eigenvalue weighted by Crippen LogP contribution is -2.33. The molecule has 1 aliphatic rings. The smallest absolute Gasteiger partial charge is 0.0755 e. The van der Waals surface area contributed by atoms with Crippen LogP contribution in [0, 0.1) is 6.92 Å². The maximum absolute atomic E-state index is 5.92. The van der Waals surface area contributed by atoms with E-state index in [4.69, 9.17) is 10.5 Å². The minimum atomic E-state index is 0.270. The first-order valence-electron chi connectivity index (χ1n) is 6.90. The summed E-state index contributed by atoms with van der Waals surface area (Å²) in [5.74, 6) is 0. The SMILES string of the molecule is CCN(CC1CCC(CN)O1)c1ccc(C)cc1. The topological polar surface area (TPSA) is 38.5 Å². The molecular formula is C15H24N2O. The Balaban J connectivity index is 1.95. The van der Waals surface area contributed by atoms with Gasteiger partial charge in [0.05, 0.1) is 12.2 Å². The molecule has 1 aliphatic heterocycles. The normalized spacial score (nSPS) is 23.3. The maximum atomic E-state index is 5.92. The fourth-order valence-corrected chi connectivity index (χ4v) is 2.51. The van der Waals surface area contributed by atoms with Crippen LogP contribution in [0.5, 0.6) is 0 Å². The summed E-state index contributed by atoms with van der Waals surface area (Å²) in [6.45, 7) is 6.93. The lowest BCUT2D eigenvalue weighted by Gasteiger charge is -2.26. The molecule has 1 heterocycles. The Hall–Kier alpha value is -1.06. The molecule has 0 aromatic heterocycles. The third-order valence-corrected chi connectivity index (χ3v) is 3.66. The molecule has 0 aliphatic carbocycles. The number of nitrogens with zero attached hydrogens (tertiary/aromatic N) is 1. The number of nitrogens with two attached hydrogens (primary N) is 1. The first kappa shape index (κ1) is 13.4. The number of hydrogen-bond acceptors (Lipinski definition) is 3. The van der Waals surface area contributed by atoms with E-state index in [1.807, 2.05) is 0 Å². The van der Waals surface area contributed by atoms with Gasteiger partial charge in [0.2, 0.25) is 0 Å². The Labute approximate surface area is 110 Å². The van der Waals surface area contributed by atoms with Crippen LogP contribution in [0.15, 0.2) is 24.3 Å². The van der Waals surface area contributed by atoms with Crippen LogP contribution < -0.4 is 10.6 Å². The van der Waals surface area contributed by atoms with Crippen molar-refractivity contribution < 1.29 is 4.74 Å². The van der Waals surface area contributed by atoms with E-state index in [2.05, 4.69) is 43.0 Å². The number of ether oxygens (including phenoxy) is 1. The zero-order valence-electron chi connectivity index (χ0n) is 11.4. The third kappa shape index (κ3) is 3.24. The molecule has 100 valence electrons. The van der Waals surface area contributed by atoms with Crippen molar-refractivity contribution >= 4 is 5.69 Å². The highest BCUT2D eigenvalue weighted by Gasteiger charge is 2.25. The van der Waals surface area contributed by atoms with Gasteiger partial charge in [-0.25, -0.2) is 0 Å². The fourth-order valence-electron chi connectivity index (χ4n) is 2.51. The molecule has 0 bridgehead atoms. The Morgan fingerprint density at radius 2 is 1.89 bits per heavy atom. The fraction of sp³-hybridized carbons (Fsp3) is 0.600. The van der Waals surface area contributed by atoms with E-state index in [0.29, 0.717) is 12.6 Å². The molecule has 2 rings (SSSR count). The molecule has 1 fully saturated rings. The van der Waals surface area contributed by atoms with Crippen molar-refractivity contribution in [1.82, 2.24) is 0 Å². The van der Waals surface area contributed by atoms with E-state index in [1.54, 1.807) is 0 Å². The van der Waals surface area contributed by atoms with Gasteiger partial charge in [-0.1, -0.05) is 17.7 Å². The van der Waals surface area contributed by atoms with Gasteiger partial charge in [-0.05, 0) is 38.8 Å². The molecule has 3 nitrogen and oxygen atoms in total. The average Bonchev–Trinajstić information content (AvgIpc) is 2.85. The van der Waals surface area contributed by atoms with Crippen LogP contribution in [0.4, 0.5) is 5.69 Å². The molecule has 18 heavy (non-hydrogen) atoms. The molecule has 3 heteroatoms. The minimum absolute atomic E-state index is 0.270. The summed E-state index contributed by atoms with van der Waals surface area (Å²) < 4.78 is 5.92. The van der Waals surface area contributed by atoms with Crippen LogP contribution in [0.25, 0.3) is 0 Å². The van der Waals surface area contributed by atoms with Gasteiger partial charge in [0, 0.05) is 25.3 Å². The van der Waals surface area contributed by atoms with E-state index in [9.17, 15) is 0 Å². The van der Waals surface area contributed by atoms with E-state index in [-0.39, 0.29) is 6.10 Å². The third-order valence-electron chi connectivity index (χ3n) is 3.66. The molecule has 0 spiro atoms. The van der Waals surface area contributed by atoms with Gasteiger partial charge in [-0.2, -0.15) is 0 Å². The molecular weight excluding hydrogens is 224 g/mol. The van der Waals surface area contributed by atoms with Crippen molar-refractivity contribution in [2.24, 2.45) is 5.73 Å². The summed E-state index contributed by atoms with van der Waals surface area (Å²) in [7, 11) is 0. The van der Waals surface area contributed by atoms with E-state index in [1.165, 1.54) is 11.3 Å². The van der Waals surface area contributed by atoms with Gasteiger partial charge < -0.3 is 15.4 Å².